The Bertz CT molecular complexity index is 533. The summed E-state index contributed by atoms with van der Waals surface area (Å²) in [5, 5.41) is 10.2. The van der Waals surface area contributed by atoms with Crippen molar-refractivity contribution in [2.75, 3.05) is 7.05 Å². The molecule has 1 aromatic carbocycles. The zero-order valence-corrected chi connectivity index (χ0v) is 11.8. The van der Waals surface area contributed by atoms with Gasteiger partial charge in [0.25, 0.3) is 0 Å². The van der Waals surface area contributed by atoms with E-state index in [-0.39, 0.29) is 12.3 Å². The van der Waals surface area contributed by atoms with Crippen LogP contribution in [0.4, 0.5) is 0 Å². The highest BCUT2D eigenvalue weighted by molar-refractivity contribution is 6.33. The van der Waals surface area contributed by atoms with Gasteiger partial charge in [0.15, 0.2) is 0 Å². The summed E-state index contributed by atoms with van der Waals surface area (Å²) in [4.78, 5) is 24.6. The minimum absolute atomic E-state index is 0.0847. The van der Waals surface area contributed by atoms with Crippen LogP contribution in [0.3, 0.4) is 0 Å². The molecular formula is C13H13Cl2NO3. The molecule has 1 saturated heterocycles. The summed E-state index contributed by atoms with van der Waals surface area (Å²) < 4.78 is 0. The van der Waals surface area contributed by atoms with E-state index in [9.17, 15) is 14.7 Å². The molecule has 1 fully saturated rings. The minimum atomic E-state index is -0.930. The van der Waals surface area contributed by atoms with Gasteiger partial charge in [-0.3, -0.25) is 9.59 Å². The molecule has 19 heavy (non-hydrogen) atoms. The maximum Gasteiger partial charge on any atom is 0.308 e. The van der Waals surface area contributed by atoms with Gasteiger partial charge in [-0.25, -0.2) is 0 Å². The van der Waals surface area contributed by atoms with Crippen LogP contribution in [0.1, 0.15) is 24.4 Å². The standard InChI is InChI=1S/C13H13Cl2NO3/c1-16-11(17)5-3-8(13(18)19)12(16)9-6-7(14)2-4-10(9)15/h2,4,6,8,12H,3,5H2,1H3,(H,18,19). The smallest absolute Gasteiger partial charge is 0.308 e. The van der Waals surface area contributed by atoms with Gasteiger partial charge in [0.1, 0.15) is 0 Å². The number of carbonyl (C=O) groups is 2. The number of benzene rings is 1. The van der Waals surface area contributed by atoms with E-state index < -0.39 is 17.9 Å². The molecule has 2 rings (SSSR count). The number of amides is 1. The van der Waals surface area contributed by atoms with Crippen LogP contribution in [0.25, 0.3) is 0 Å². The lowest BCUT2D eigenvalue weighted by Crippen LogP contribution is -2.43. The molecule has 1 aromatic rings. The van der Waals surface area contributed by atoms with Gasteiger partial charge in [0.2, 0.25) is 5.91 Å². The summed E-state index contributed by atoms with van der Waals surface area (Å²) in [6.07, 6.45) is 0.550. The number of carboxylic acids is 1. The topological polar surface area (TPSA) is 57.6 Å². The summed E-state index contributed by atoms with van der Waals surface area (Å²) >= 11 is 12.1. The number of rotatable bonds is 2. The highest BCUT2D eigenvalue weighted by Gasteiger charge is 2.39. The van der Waals surface area contributed by atoms with E-state index >= 15 is 0 Å². The molecule has 2 atom stereocenters. The van der Waals surface area contributed by atoms with Crippen LogP contribution in [0, 0.1) is 5.92 Å². The lowest BCUT2D eigenvalue weighted by molar-refractivity contribution is -0.150. The second-order valence-electron chi connectivity index (χ2n) is 4.60. The normalized spacial score (nSPS) is 23.5. The maximum atomic E-state index is 11.8. The summed E-state index contributed by atoms with van der Waals surface area (Å²) in [5.41, 5.74) is 0.581. The van der Waals surface area contributed by atoms with Crippen molar-refractivity contribution in [1.82, 2.24) is 4.90 Å². The summed E-state index contributed by atoms with van der Waals surface area (Å²) in [5.74, 6) is -1.68. The first-order valence-electron chi connectivity index (χ1n) is 5.85. The number of carboxylic acid groups (broad SMARTS) is 1. The molecule has 102 valence electrons. The lowest BCUT2D eigenvalue weighted by Gasteiger charge is -2.37. The number of hydrogen-bond donors (Lipinski definition) is 1. The van der Waals surface area contributed by atoms with E-state index in [0.717, 1.165) is 0 Å². The molecule has 0 aliphatic carbocycles. The average molecular weight is 302 g/mol. The summed E-state index contributed by atoms with van der Waals surface area (Å²) in [6.45, 7) is 0. The predicted molar refractivity (Wildman–Crippen MR) is 72.3 cm³/mol. The Labute approximate surface area is 120 Å². The zero-order chi connectivity index (χ0) is 14.2. The molecule has 1 amide bonds. The Kier molecular flexibility index (Phi) is 4.02. The molecular weight excluding hydrogens is 289 g/mol. The largest absolute Gasteiger partial charge is 0.481 e. The van der Waals surface area contributed by atoms with Crippen LogP contribution >= 0.6 is 23.2 Å². The first kappa shape index (κ1) is 14.2. The predicted octanol–water partition coefficient (Wildman–Crippen LogP) is 2.99. The van der Waals surface area contributed by atoms with Gasteiger partial charge in [-0.2, -0.15) is 0 Å². The molecule has 1 aliphatic heterocycles. The quantitative estimate of drug-likeness (QED) is 0.913. The van der Waals surface area contributed by atoms with E-state index in [2.05, 4.69) is 0 Å². The Hall–Kier alpha value is -1.26. The van der Waals surface area contributed by atoms with Crippen molar-refractivity contribution < 1.29 is 14.7 Å². The second-order valence-corrected chi connectivity index (χ2v) is 5.44. The van der Waals surface area contributed by atoms with E-state index in [1.54, 1.807) is 25.2 Å². The van der Waals surface area contributed by atoms with E-state index in [0.29, 0.717) is 22.0 Å². The third-order valence-electron chi connectivity index (χ3n) is 3.45. The second kappa shape index (κ2) is 5.39. The molecule has 0 saturated carbocycles. The van der Waals surface area contributed by atoms with Crippen molar-refractivity contribution in [2.45, 2.75) is 18.9 Å². The molecule has 0 radical (unpaired) electrons. The molecule has 1 heterocycles. The minimum Gasteiger partial charge on any atom is -0.481 e. The number of nitrogens with zero attached hydrogens (tertiary/aromatic N) is 1. The highest BCUT2D eigenvalue weighted by Crippen LogP contribution is 2.39. The first-order valence-corrected chi connectivity index (χ1v) is 6.61. The monoisotopic (exact) mass is 301 g/mol. The van der Waals surface area contributed by atoms with Gasteiger partial charge >= 0.3 is 5.97 Å². The van der Waals surface area contributed by atoms with Crippen molar-refractivity contribution in [3.8, 4) is 0 Å². The Morgan fingerprint density at radius 3 is 2.74 bits per heavy atom. The van der Waals surface area contributed by atoms with Crippen LogP contribution in [0.5, 0.6) is 0 Å². The van der Waals surface area contributed by atoms with Crippen molar-refractivity contribution in [1.29, 1.82) is 0 Å². The fourth-order valence-corrected chi connectivity index (χ4v) is 2.87. The number of carbonyl (C=O) groups excluding carboxylic acids is 1. The van der Waals surface area contributed by atoms with Gasteiger partial charge in [0.05, 0.1) is 12.0 Å². The SMILES string of the molecule is CN1C(=O)CCC(C(=O)O)C1c1cc(Cl)ccc1Cl. The Morgan fingerprint density at radius 2 is 2.11 bits per heavy atom. The van der Waals surface area contributed by atoms with Crippen LogP contribution in [0.2, 0.25) is 10.0 Å². The molecule has 6 heteroatoms. The van der Waals surface area contributed by atoms with Crippen LogP contribution in [0.15, 0.2) is 18.2 Å². The average Bonchev–Trinajstić information content (AvgIpc) is 2.35. The van der Waals surface area contributed by atoms with Crippen LogP contribution < -0.4 is 0 Å². The fourth-order valence-electron chi connectivity index (χ4n) is 2.46. The van der Waals surface area contributed by atoms with E-state index in [4.69, 9.17) is 23.2 Å². The molecule has 0 bridgehead atoms. The van der Waals surface area contributed by atoms with Crippen molar-refractivity contribution >= 4 is 35.1 Å². The van der Waals surface area contributed by atoms with Crippen LogP contribution in [-0.4, -0.2) is 28.9 Å². The van der Waals surface area contributed by atoms with E-state index in [1.165, 1.54) is 4.90 Å². The molecule has 1 aliphatic rings. The third kappa shape index (κ3) is 2.69. The summed E-state index contributed by atoms with van der Waals surface area (Å²) in [6, 6.07) is 4.29. The Balaban J connectivity index is 2.49. The zero-order valence-electron chi connectivity index (χ0n) is 10.3. The van der Waals surface area contributed by atoms with Crippen LogP contribution in [-0.2, 0) is 9.59 Å². The third-order valence-corrected chi connectivity index (χ3v) is 4.03. The molecule has 1 N–H and O–H groups in total. The van der Waals surface area contributed by atoms with Gasteiger partial charge < -0.3 is 10.0 Å². The van der Waals surface area contributed by atoms with Crippen molar-refractivity contribution in [3.63, 3.8) is 0 Å². The lowest BCUT2D eigenvalue weighted by atomic mass is 9.84. The molecule has 2 unspecified atom stereocenters. The number of likely N-dealkylation sites (tertiary alicyclic amines) is 1. The number of halogens is 2. The first-order chi connectivity index (χ1) is 8.91. The van der Waals surface area contributed by atoms with Crippen molar-refractivity contribution in [2.24, 2.45) is 5.92 Å². The van der Waals surface area contributed by atoms with Gasteiger partial charge in [0, 0.05) is 23.5 Å². The molecule has 0 spiro atoms. The van der Waals surface area contributed by atoms with Gasteiger partial charge in [-0.1, -0.05) is 23.2 Å². The Morgan fingerprint density at radius 1 is 1.42 bits per heavy atom. The summed E-state index contributed by atoms with van der Waals surface area (Å²) in [7, 11) is 1.60. The molecule has 4 nitrogen and oxygen atoms in total. The fraction of sp³-hybridized carbons (Fsp3) is 0.385. The van der Waals surface area contributed by atoms with E-state index in [1.807, 2.05) is 0 Å². The van der Waals surface area contributed by atoms with Crippen molar-refractivity contribution in [3.05, 3.63) is 33.8 Å². The van der Waals surface area contributed by atoms with Gasteiger partial charge in [-0.05, 0) is 30.2 Å². The maximum absolute atomic E-state index is 11.8. The number of hydrogen-bond acceptors (Lipinski definition) is 2. The number of piperidine rings is 1. The molecule has 0 aromatic heterocycles. The number of aliphatic carboxylic acids is 1. The van der Waals surface area contributed by atoms with Gasteiger partial charge in [-0.15, -0.1) is 0 Å². The highest BCUT2D eigenvalue weighted by atomic mass is 35.5.